The molecular formula is C18H30O4Si. The highest BCUT2D eigenvalue weighted by molar-refractivity contribution is 6.74. The molecule has 1 aliphatic carbocycles. The number of fused-ring (bicyclic) bond motifs is 1. The summed E-state index contributed by atoms with van der Waals surface area (Å²) in [7, 11) is -1.76. The van der Waals surface area contributed by atoms with Crippen molar-refractivity contribution >= 4 is 8.32 Å². The maximum atomic E-state index is 10.6. The van der Waals surface area contributed by atoms with Gasteiger partial charge >= 0.3 is 0 Å². The van der Waals surface area contributed by atoms with Gasteiger partial charge in [-0.25, -0.2) is 0 Å². The molecule has 0 aromatic heterocycles. The van der Waals surface area contributed by atoms with E-state index in [1.165, 1.54) is 0 Å². The third-order valence-corrected chi connectivity index (χ3v) is 10.5. The summed E-state index contributed by atoms with van der Waals surface area (Å²) in [6, 6.07) is 0. The van der Waals surface area contributed by atoms with Crippen LogP contribution in [0.1, 0.15) is 47.0 Å². The molecule has 23 heavy (non-hydrogen) atoms. The zero-order valence-corrected chi connectivity index (χ0v) is 16.2. The van der Waals surface area contributed by atoms with Crippen LogP contribution >= 0.6 is 0 Å². The molecule has 2 saturated heterocycles. The largest absolute Gasteiger partial charge is 0.414 e. The van der Waals surface area contributed by atoms with Crippen molar-refractivity contribution in [2.24, 2.45) is 0 Å². The van der Waals surface area contributed by atoms with Crippen LogP contribution in [0.4, 0.5) is 0 Å². The lowest BCUT2D eigenvalue weighted by Gasteiger charge is -2.36. The Kier molecular flexibility index (Phi) is 4.02. The molecule has 3 fully saturated rings. The number of ether oxygens (including phenoxy) is 2. The van der Waals surface area contributed by atoms with Crippen LogP contribution in [0.25, 0.3) is 0 Å². The number of rotatable bonds is 3. The van der Waals surface area contributed by atoms with Crippen LogP contribution in [0, 0.1) is 11.8 Å². The van der Waals surface area contributed by atoms with E-state index in [1.807, 2.05) is 6.92 Å². The fourth-order valence-corrected chi connectivity index (χ4v) is 3.93. The van der Waals surface area contributed by atoms with E-state index >= 15 is 0 Å². The summed E-state index contributed by atoms with van der Waals surface area (Å²) < 4.78 is 17.5. The monoisotopic (exact) mass is 338 g/mol. The molecule has 0 spiro atoms. The van der Waals surface area contributed by atoms with Gasteiger partial charge in [0.2, 0.25) is 0 Å². The van der Waals surface area contributed by atoms with Crippen molar-refractivity contribution < 1.29 is 19.0 Å². The van der Waals surface area contributed by atoms with Gasteiger partial charge in [-0.2, -0.15) is 0 Å². The summed E-state index contributed by atoms with van der Waals surface area (Å²) in [5, 5.41) is 10.8. The summed E-state index contributed by atoms with van der Waals surface area (Å²) in [6.45, 7) is 13.8. The van der Waals surface area contributed by atoms with Crippen molar-refractivity contribution in [3.8, 4) is 11.8 Å². The Balaban J connectivity index is 1.56. The third-order valence-electron chi connectivity index (χ3n) is 5.97. The van der Waals surface area contributed by atoms with E-state index in [4.69, 9.17) is 13.9 Å². The first-order valence-electron chi connectivity index (χ1n) is 8.71. The second-order valence-electron chi connectivity index (χ2n) is 8.95. The lowest BCUT2D eigenvalue weighted by atomic mass is 9.85. The van der Waals surface area contributed by atoms with Crippen LogP contribution in [0.15, 0.2) is 0 Å². The van der Waals surface area contributed by atoms with Crippen molar-refractivity contribution in [3.05, 3.63) is 0 Å². The maximum Gasteiger partial charge on any atom is 0.192 e. The summed E-state index contributed by atoms with van der Waals surface area (Å²) >= 11 is 0. The zero-order valence-electron chi connectivity index (χ0n) is 15.2. The van der Waals surface area contributed by atoms with E-state index in [2.05, 4.69) is 45.7 Å². The molecule has 3 unspecified atom stereocenters. The number of hydrogen-bond donors (Lipinski definition) is 1. The molecule has 5 heteroatoms. The SMILES string of the molecule is CC(C)(C)[Si](C)(C)OC[C@@H]1O[C@]1(C)C#CC1(O)CCCC2OC21. The van der Waals surface area contributed by atoms with Crippen molar-refractivity contribution in [1.29, 1.82) is 0 Å². The lowest BCUT2D eigenvalue weighted by Crippen LogP contribution is -2.42. The predicted molar refractivity (Wildman–Crippen MR) is 91.7 cm³/mol. The fourth-order valence-electron chi connectivity index (χ4n) is 2.93. The minimum Gasteiger partial charge on any atom is -0.414 e. The normalized spacial score (nSPS) is 42.5. The Hall–Kier alpha value is -0.383. The topological polar surface area (TPSA) is 54.5 Å². The summed E-state index contributed by atoms with van der Waals surface area (Å²) in [5.41, 5.74) is -1.47. The standard InChI is InChI=1S/C18H30O4Si/c1-16(2,3)23(5,6)20-12-14-17(4,22-14)10-11-18(19)9-7-8-13-15(18)21-13/h13-15,19H,7-9,12H2,1-6H3/t13?,14-,15?,17+,18?/m0/s1. The first-order chi connectivity index (χ1) is 10.5. The average molecular weight is 339 g/mol. The van der Waals surface area contributed by atoms with Gasteiger partial charge < -0.3 is 19.0 Å². The molecule has 2 heterocycles. The molecular weight excluding hydrogens is 308 g/mol. The van der Waals surface area contributed by atoms with Gasteiger partial charge in [0.1, 0.15) is 12.2 Å². The highest BCUT2D eigenvalue weighted by atomic mass is 28.4. The van der Waals surface area contributed by atoms with Gasteiger partial charge in [0.25, 0.3) is 0 Å². The molecule has 0 bridgehead atoms. The Morgan fingerprint density at radius 3 is 2.65 bits per heavy atom. The molecule has 130 valence electrons. The molecule has 3 rings (SSSR count). The van der Waals surface area contributed by atoms with Crippen LogP contribution < -0.4 is 0 Å². The van der Waals surface area contributed by atoms with Crippen LogP contribution in [0.3, 0.4) is 0 Å². The predicted octanol–water partition coefficient (Wildman–Crippen LogP) is 2.85. The molecule has 0 radical (unpaired) electrons. The molecule has 3 aliphatic rings. The smallest absolute Gasteiger partial charge is 0.192 e. The number of epoxide rings is 2. The number of hydrogen-bond acceptors (Lipinski definition) is 4. The lowest BCUT2D eigenvalue weighted by molar-refractivity contribution is 0.0553. The van der Waals surface area contributed by atoms with Crippen molar-refractivity contribution in [2.45, 2.75) is 94.6 Å². The van der Waals surface area contributed by atoms with Crippen LogP contribution in [-0.2, 0) is 13.9 Å². The highest BCUT2D eigenvalue weighted by Crippen LogP contribution is 2.44. The Bertz CT molecular complexity index is 543. The molecule has 1 N–H and O–H groups in total. The summed E-state index contributed by atoms with van der Waals surface area (Å²) in [5.74, 6) is 6.22. The second-order valence-corrected chi connectivity index (χ2v) is 13.8. The third kappa shape index (κ3) is 3.38. The van der Waals surface area contributed by atoms with Crippen molar-refractivity contribution in [2.75, 3.05) is 6.61 Å². The van der Waals surface area contributed by atoms with Crippen molar-refractivity contribution in [3.63, 3.8) is 0 Å². The Morgan fingerprint density at radius 2 is 2.00 bits per heavy atom. The van der Waals surface area contributed by atoms with E-state index in [0.29, 0.717) is 13.0 Å². The summed E-state index contributed by atoms with van der Waals surface area (Å²) in [4.78, 5) is 0. The van der Waals surface area contributed by atoms with Crippen LogP contribution in [0.5, 0.6) is 0 Å². The van der Waals surface area contributed by atoms with E-state index < -0.39 is 19.5 Å². The van der Waals surface area contributed by atoms with Crippen LogP contribution in [0.2, 0.25) is 18.1 Å². The van der Waals surface area contributed by atoms with Crippen LogP contribution in [-0.4, -0.2) is 49.5 Å². The Morgan fingerprint density at radius 1 is 1.30 bits per heavy atom. The molecule has 0 aromatic carbocycles. The first kappa shape index (κ1) is 17.4. The highest BCUT2D eigenvalue weighted by Gasteiger charge is 2.57. The zero-order chi connectivity index (χ0) is 17.1. The van der Waals surface area contributed by atoms with Gasteiger partial charge in [-0.1, -0.05) is 32.6 Å². The Labute approximate surface area is 141 Å². The minimum absolute atomic E-state index is 0.00670. The van der Waals surface area contributed by atoms with Gasteiger partial charge in [0.05, 0.1) is 12.7 Å². The maximum absolute atomic E-state index is 10.6. The first-order valence-corrected chi connectivity index (χ1v) is 11.6. The molecule has 2 aliphatic heterocycles. The molecule has 0 aromatic rings. The van der Waals surface area contributed by atoms with Gasteiger partial charge in [0, 0.05) is 0 Å². The van der Waals surface area contributed by atoms with Gasteiger partial charge in [-0.3, -0.25) is 0 Å². The minimum atomic E-state index is -1.76. The van der Waals surface area contributed by atoms with E-state index in [9.17, 15) is 5.11 Å². The van der Waals surface area contributed by atoms with Gasteiger partial charge in [-0.05, 0) is 44.3 Å². The quantitative estimate of drug-likeness (QED) is 0.488. The average Bonchev–Trinajstić information content (AvgIpc) is 3.31. The number of aliphatic hydroxyl groups is 1. The van der Waals surface area contributed by atoms with E-state index in [-0.39, 0.29) is 23.4 Å². The fraction of sp³-hybridized carbons (Fsp3) is 0.889. The van der Waals surface area contributed by atoms with E-state index in [1.54, 1.807) is 0 Å². The molecule has 5 atom stereocenters. The molecule has 1 saturated carbocycles. The van der Waals surface area contributed by atoms with Gasteiger partial charge in [0.15, 0.2) is 19.5 Å². The molecule has 0 amide bonds. The summed E-state index contributed by atoms with van der Waals surface area (Å²) in [6.07, 6.45) is 2.85. The van der Waals surface area contributed by atoms with Gasteiger partial charge in [-0.15, -0.1) is 0 Å². The van der Waals surface area contributed by atoms with E-state index in [0.717, 1.165) is 12.8 Å². The second kappa shape index (κ2) is 5.31. The van der Waals surface area contributed by atoms with Crippen molar-refractivity contribution in [1.82, 2.24) is 0 Å². The molecule has 4 nitrogen and oxygen atoms in total.